The van der Waals surface area contributed by atoms with Crippen molar-refractivity contribution < 1.29 is 9.18 Å². The van der Waals surface area contributed by atoms with Crippen LogP contribution in [0.5, 0.6) is 0 Å². The van der Waals surface area contributed by atoms with E-state index in [1.165, 1.54) is 12.1 Å². The van der Waals surface area contributed by atoms with Gasteiger partial charge in [-0.05, 0) is 42.7 Å². The van der Waals surface area contributed by atoms with Gasteiger partial charge in [0.25, 0.3) is 0 Å². The van der Waals surface area contributed by atoms with Gasteiger partial charge in [0.1, 0.15) is 5.82 Å². The average molecular weight is 326 g/mol. The molecule has 0 fully saturated rings. The maximum absolute atomic E-state index is 13.2. The van der Waals surface area contributed by atoms with E-state index < -0.39 is 0 Å². The van der Waals surface area contributed by atoms with E-state index in [1.54, 1.807) is 18.2 Å². The minimum Gasteiger partial charge on any atom is -0.326 e. The Labute approximate surface area is 132 Å². The first-order valence-corrected chi connectivity index (χ1v) is 7.22. The molecule has 0 aromatic heterocycles. The third-order valence-corrected chi connectivity index (χ3v) is 3.98. The van der Waals surface area contributed by atoms with Gasteiger partial charge in [0.2, 0.25) is 5.91 Å². The molecule has 0 aliphatic heterocycles. The summed E-state index contributed by atoms with van der Waals surface area (Å²) in [5, 5.41) is 3.64. The van der Waals surface area contributed by atoms with Crippen molar-refractivity contribution >= 4 is 34.8 Å². The number of rotatable bonds is 4. The zero-order chi connectivity index (χ0) is 15.4. The van der Waals surface area contributed by atoms with Gasteiger partial charge >= 0.3 is 0 Å². The molecule has 1 N–H and O–H groups in total. The maximum atomic E-state index is 13.2. The lowest BCUT2D eigenvalue weighted by Gasteiger charge is -2.09. The first-order chi connectivity index (χ1) is 9.97. The number of halogens is 3. The SMILES string of the molecule is Cc1ccc(F)cc1NC(=O)CCc1cccc(Cl)c1Cl. The molecule has 2 nitrogen and oxygen atoms in total. The number of carbonyl (C=O) groups excluding carboxylic acids is 1. The summed E-state index contributed by atoms with van der Waals surface area (Å²) in [5.74, 6) is -0.575. The van der Waals surface area contributed by atoms with Crippen LogP contribution in [0.15, 0.2) is 36.4 Å². The number of benzene rings is 2. The molecular weight excluding hydrogens is 312 g/mol. The van der Waals surface area contributed by atoms with E-state index >= 15 is 0 Å². The van der Waals surface area contributed by atoms with Crippen molar-refractivity contribution in [1.29, 1.82) is 0 Å². The molecule has 0 heterocycles. The number of hydrogen-bond donors (Lipinski definition) is 1. The minimum absolute atomic E-state index is 0.195. The van der Waals surface area contributed by atoms with E-state index in [1.807, 2.05) is 13.0 Å². The van der Waals surface area contributed by atoms with E-state index in [2.05, 4.69) is 5.32 Å². The highest BCUT2D eigenvalue weighted by Gasteiger charge is 2.09. The Morgan fingerprint density at radius 1 is 1.24 bits per heavy atom. The van der Waals surface area contributed by atoms with Crippen molar-refractivity contribution in [3.05, 3.63) is 63.4 Å². The van der Waals surface area contributed by atoms with Crippen LogP contribution >= 0.6 is 23.2 Å². The highest BCUT2D eigenvalue weighted by molar-refractivity contribution is 6.42. The Kier molecular flexibility index (Phi) is 5.21. The molecule has 0 unspecified atom stereocenters. The molecule has 0 radical (unpaired) electrons. The third kappa shape index (κ3) is 4.19. The Morgan fingerprint density at radius 3 is 2.76 bits per heavy atom. The molecule has 2 aromatic carbocycles. The van der Waals surface area contributed by atoms with E-state index in [0.717, 1.165) is 11.1 Å². The average Bonchev–Trinajstić information content (AvgIpc) is 2.44. The molecular formula is C16H14Cl2FNO. The normalized spacial score (nSPS) is 10.5. The van der Waals surface area contributed by atoms with Gasteiger partial charge in [-0.3, -0.25) is 4.79 Å². The van der Waals surface area contributed by atoms with Gasteiger partial charge in [0.15, 0.2) is 0 Å². The first kappa shape index (κ1) is 15.8. The molecule has 1 amide bonds. The molecule has 21 heavy (non-hydrogen) atoms. The summed E-state index contributed by atoms with van der Waals surface area (Å²) in [4.78, 5) is 11.9. The van der Waals surface area contributed by atoms with Crippen molar-refractivity contribution in [2.75, 3.05) is 5.32 Å². The number of amides is 1. The summed E-state index contributed by atoms with van der Waals surface area (Å²) < 4.78 is 13.2. The van der Waals surface area contributed by atoms with Crippen LogP contribution in [0, 0.1) is 12.7 Å². The van der Waals surface area contributed by atoms with Crippen molar-refractivity contribution in [3.63, 3.8) is 0 Å². The summed E-state index contributed by atoms with van der Waals surface area (Å²) in [6.07, 6.45) is 0.718. The summed E-state index contributed by atoms with van der Waals surface area (Å²) >= 11 is 12.0. The highest BCUT2D eigenvalue weighted by Crippen LogP contribution is 2.26. The smallest absolute Gasteiger partial charge is 0.224 e. The fraction of sp³-hybridized carbons (Fsp3) is 0.188. The molecule has 0 atom stereocenters. The topological polar surface area (TPSA) is 29.1 Å². The molecule has 0 bridgehead atoms. The third-order valence-electron chi connectivity index (χ3n) is 3.13. The Morgan fingerprint density at radius 2 is 2.00 bits per heavy atom. The predicted molar refractivity (Wildman–Crippen MR) is 84.5 cm³/mol. The van der Waals surface area contributed by atoms with Crippen molar-refractivity contribution in [1.82, 2.24) is 0 Å². The van der Waals surface area contributed by atoms with Crippen LogP contribution in [-0.4, -0.2) is 5.91 Å². The molecule has 0 spiro atoms. The van der Waals surface area contributed by atoms with Gasteiger partial charge in [-0.2, -0.15) is 0 Å². The van der Waals surface area contributed by atoms with Crippen LogP contribution in [0.1, 0.15) is 17.5 Å². The zero-order valence-electron chi connectivity index (χ0n) is 11.4. The van der Waals surface area contributed by atoms with Gasteiger partial charge in [-0.1, -0.05) is 41.4 Å². The van der Waals surface area contributed by atoms with Crippen LogP contribution in [0.2, 0.25) is 10.0 Å². The van der Waals surface area contributed by atoms with Crippen molar-refractivity contribution in [3.8, 4) is 0 Å². The maximum Gasteiger partial charge on any atom is 0.224 e. The standard InChI is InChI=1S/C16H14Cl2FNO/c1-10-5-7-12(19)9-14(10)20-15(21)8-6-11-3-2-4-13(17)16(11)18/h2-5,7,9H,6,8H2,1H3,(H,20,21). The zero-order valence-corrected chi connectivity index (χ0v) is 12.9. The molecule has 0 aliphatic rings. The largest absolute Gasteiger partial charge is 0.326 e. The summed E-state index contributed by atoms with van der Waals surface area (Å²) in [5.41, 5.74) is 2.11. The van der Waals surface area contributed by atoms with E-state index in [4.69, 9.17) is 23.2 Å². The van der Waals surface area contributed by atoms with Crippen LogP contribution < -0.4 is 5.32 Å². The van der Waals surface area contributed by atoms with Crippen LogP contribution in [0.3, 0.4) is 0 Å². The van der Waals surface area contributed by atoms with Crippen LogP contribution in [0.4, 0.5) is 10.1 Å². The van der Waals surface area contributed by atoms with Crippen molar-refractivity contribution in [2.24, 2.45) is 0 Å². The number of hydrogen-bond acceptors (Lipinski definition) is 1. The predicted octanol–water partition coefficient (Wildman–Crippen LogP) is 5.01. The molecule has 2 rings (SSSR count). The highest BCUT2D eigenvalue weighted by atomic mass is 35.5. The van der Waals surface area contributed by atoms with Gasteiger partial charge in [-0.15, -0.1) is 0 Å². The summed E-state index contributed by atoms with van der Waals surface area (Å²) in [6, 6.07) is 9.60. The lowest BCUT2D eigenvalue weighted by Crippen LogP contribution is -2.13. The van der Waals surface area contributed by atoms with E-state index in [9.17, 15) is 9.18 Å². The molecule has 2 aromatic rings. The van der Waals surface area contributed by atoms with Gasteiger partial charge in [0, 0.05) is 12.1 Å². The number of anilines is 1. The molecule has 5 heteroatoms. The quantitative estimate of drug-likeness (QED) is 0.840. The second kappa shape index (κ2) is 6.92. The Balaban J connectivity index is 1.99. The molecule has 0 saturated heterocycles. The van der Waals surface area contributed by atoms with E-state index in [-0.39, 0.29) is 18.1 Å². The lowest BCUT2D eigenvalue weighted by atomic mass is 10.1. The van der Waals surface area contributed by atoms with Crippen LogP contribution in [0.25, 0.3) is 0 Å². The van der Waals surface area contributed by atoms with Gasteiger partial charge in [-0.25, -0.2) is 4.39 Å². The van der Waals surface area contributed by atoms with Gasteiger partial charge in [0.05, 0.1) is 10.0 Å². The number of aryl methyl sites for hydroxylation is 2. The second-order valence-electron chi connectivity index (χ2n) is 4.72. The molecule has 110 valence electrons. The number of carbonyl (C=O) groups is 1. The molecule has 0 aliphatic carbocycles. The monoisotopic (exact) mass is 325 g/mol. The Bertz CT molecular complexity index is 673. The van der Waals surface area contributed by atoms with Crippen LogP contribution in [-0.2, 0) is 11.2 Å². The summed E-state index contributed by atoms with van der Waals surface area (Å²) in [6.45, 7) is 1.81. The van der Waals surface area contributed by atoms with E-state index in [0.29, 0.717) is 22.2 Å². The minimum atomic E-state index is -0.381. The number of nitrogens with one attached hydrogen (secondary N) is 1. The second-order valence-corrected chi connectivity index (χ2v) is 5.51. The van der Waals surface area contributed by atoms with Crippen molar-refractivity contribution in [2.45, 2.75) is 19.8 Å². The summed E-state index contributed by atoms with van der Waals surface area (Å²) in [7, 11) is 0. The lowest BCUT2D eigenvalue weighted by molar-refractivity contribution is -0.116. The first-order valence-electron chi connectivity index (χ1n) is 6.46. The Hall–Kier alpha value is -1.58. The van der Waals surface area contributed by atoms with Gasteiger partial charge < -0.3 is 5.32 Å². The fourth-order valence-corrected chi connectivity index (χ4v) is 2.35. The molecule has 0 saturated carbocycles. The fourth-order valence-electron chi connectivity index (χ4n) is 1.93.